The SMILES string of the molecule is C=CCOC(=O)c1sc(N2C(=O)c3oc4ccc(F)cc4c(=O)c3C23C(=O)N(CCC)c2ccccc23)nc1C. The Kier molecular flexibility index (Phi) is 5.91. The number of ether oxygens (including phenoxy) is 1. The van der Waals surface area contributed by atoms with Crippen molar-refractivity contribution >= 4 is 50.9 Å². The summed E-state index contributed by atoms with van der Waals surface area (Å²) in [6.45, 7) is 7.32. The number of carbonyl (C=O) groups is 3. The predicted octanol–water partition coefficient (Wildman–Crippen LogP) is 4.70. The van der Waals surface area contributed by atoms with Gasteiger partial charge in [-0.2, -0.15) is 0 Å². The fraction of sp³-hybridized carbons (Fsp3) is 0.207. The number of para-hydroxylation sites is 1. The van der Waals surface area contributed by atoms with Crippen molar-refractivity contribution in [3.8, 4) is 0 Å². The molecule has 11 heteroatoms. The maximum absolute atomic E-state index is 14.5. The number of fused-ring (bicyclic) bond motifs is 5. The molecule has 2 aromatic carbocycles. The molecule has 2 aliphatic heterocycles. The van der Waals surface area contributed by atoms with E-state index in [9.17, 15) is 23.6 Å². The lowest BCUT2D eigenvalue weighted by molar-refractivity contribution is -0.121. The van der Waals surface area contributed by atoms with Gasteiger partial charge in [0.2, 0.25) is 5.76 Å². The second-order valence-corrected chi connectivity index (χ2v) is 10.4. The van der Waals surface area contributed by atoms with Gasteiger partial charge >= 0.3 is 5.97 Å². The molecule has 2 aromatic heterocycles. The van der Waals surface area contributed by atoms with Crippen molar-refractivity contribution in [2.45, 2.75) is 25.8 Å². The Balaban J connectivity index is 1.69. The average molecular weight is 560 g/mol. The van der Waals surface area contributed by atoms with Gasteiger partial charge in [-0.1, -0.05) is 49.1 Å². The molecule has 4 aromatic rings. The van der Waals surface area contributed by atoms with Crippen LogP contribution in [0.15, 0.2) is 64.3 Å². The van der Waals surface area contributed by atoms with Gasteiger partial charge in [-0.25, -0.2) is 14.2 Å². The van der Waals surface area contributed by atoms with E-state index in [0.29, 0.717) is 24.2 Å². The first-order chi connectivity index (χ1) is 19.2. The lowest BCUT2D eigenvalue weighted by atomic mass is 9.84. The fourth-order valence-electron chi connectivity index (χ4n) is 5.45. The molecule has 202 valence electrons. The number of hydrogen-bond acceptors (Lipinski definition) is 8. The minimum absolute atomic E-state index is 0.00339. The number of rotatable bonds is 6. The predicted molar refractivity (Wildman–Crippen MR) is 146 cm³/mol. The van der Waals surface area contributed by atoms with Crippen molar-refractivity contribution < 1.29 is 27.9 Å². The molecule has 6 rings (SSSR count). The quantitative estimate of drug-likeness (QED) is 0.249. The molecule has 4 heterocycles. The van der Waals surface area contributed by atoms with Crippen LogP contribution in [-0.2, 0) is 15.1 Å². The van der Waals surface area contributed by atoms with Gasteiger partial charge < -0.3 is 14.1 Å². The van der Waals surface area contributed by atoms with E-state index in [1.807, 2.05) is 6.92 Å². The third-order valence-corrected chi connectivity index (χ3v) is 8.15. The maximum atomic E-state index is 14.5. The Hall–Kier alpha value is -4.64. The van der Waals surface area contributed by atoms with Crippen LogP contribution < -0.4 is 15.2 Å². The largest absolute Gasteiger partial charge is 0.457 e. The monoisotopic (exact) mass is 559 g/mol. The molecule has 1 unspecified atom stereocenters. The molecular weight excluding hydrogens is 537 g/mol. The molecular formula is C29H22FN3O6S. The number of esters is 1. The number of hydrogen-bond donors (Lipinski definition) is 0. The van der Waals surface area contributed by atoms with E-state index in [4.69, 9.17) is 9.15 Å². The fourth-order valence-corrected chi connectivity index (χ4v) is 6.46. The Morgan fingerprint density at radius 2 is 2.00 bits per heavy atom. The molecule has 0 saturated carbocycles. The van der Waals surface area contributed by atoms with Gasteiger partial charge in [-0.05, 0) is 37.6 Å². The first-order valence-electron chi connectivity index (χ1n) is 12.5. The van der Waals surface area contributed by atoms with Crippen LogP contribution in [0.4, 0.5) is 15.2 Å². The van der Waals surface area contributed by atoms with Gasteiger partial charge in [0, 0.05) is 12.1 Å². The topological polar surface area (TPSA) is 110 Å². The van der Waals surface area contributed by atoms with Gasteiger partial charge in [0.25, 0.3) is 11.8 Å². The number of halogens is 1. The Morgan fingerprint density at radius 3 is 2.75 bits per heavy atom. The van der Waals surface area contributed by atoms with Gasteiger partial charge in [-0.15, -0.1) is 0 Å². The minimum atomic E-state index is -1.98. The van der Waals surface area contributed by atoms with Crippen molar-refractivity contribution in [3.05, 3.63) is 98.6 Å². The third-order valence-electron chi connectivity index (χ3n) is 7.03. The van der Waals surface area contributed by atoms with E-state index < -0.39 is 34.6 Å². The summed E-state index contributed by atoms with van der Waals surface area (Å²) in [5.41, 5.74) is -1.70. The van der Waals surface area contributed by atoms with E-state index >= 15 is 0 Å². The number of thiazole rings is 1. The summed E-state index contributed by atoms with van der Waals surface area (Å²) in [6, 6.07) is 10.3. The zero-order valence-electron chi connectivity index (χ0n) is 21.5. The van der Waals surface area contributed by atoms with E-state index in [0.717, 1.165) is 28.4 Å². The normalized spacial score (nSPS) is 17.6. The van der Waals surface area contributed by atoms with Crippen molar-refractivity contribution in [2.75, 3.05) is 23.0 Å². The number of aryl methyl sites for hydroxylation is 1. The number of nitrogens with zero attached hydrogens (tertiary/aromatic N) is 3. The smallest absolute Gasteiger partial charge is 0.350 e. The van der Waals surface area contributed by atoms with E-state index in [1.165, 1.54) is 17.0 Å². The van der Waals surface area contributed by atoms with Crippen LogP contribution in [0.3, 0.4) is 0 Å². The van der Waals surface area contributed by atoms with Crippen LogP contribution >= 0.6 is 11.3 Å². The van der Waals surface area contributed by atoms with Crippen LogP contribution in [0.5, 0.6) is 0 Å². The number of benzene rings is 2. The molecule has 2 aliphatic rings. The standard InChI is InChI=1S/C29H22FN3O6S/c1-4-12-32-19-9-7-6-8-18(19)29(27(32)37)21-22(34)17-14-16(30)10-11-20(17)39-23(21)25(35)33(29)28-31-15(3)24(40-28)26(36)38-13-5-2/h5-11,14H,2,4,12-13H2,1,3H3. The second kappa shape index (κ2) is 9.23. The highest BCUT2D eigenvalue weighted by molar-refractivity contribution is 7.17. The molecule has 0 aliphatic carbocycles. The van der Waals surface area contributed by atoms with E-state index in [1.54, 1.807) is 31.2 Å². The Bertz CT molecular complexity index is 1830. The van der Waals surface area contributed by atoms with Crippen LogP contribution in [0.2, 0.25) is 0 Å². The van der Waals surface area contributed by atoms with Crippen molar-refractivity contribution in [1.29, 1.82) is 0 Å². The summed E-state index contributed by atoms with van der Waals surface area (Å²) in [5.74, 6) is -3.00. The molecule has 0 saturated heterocycles. The zero-order chi connectivity index (χ0) is 28.3. The number of carbonyl (C=O) groups excluding carboxylic acids is 3. The summed E-state index contributed by atoms with van der Waals surface area (Å²) in [7, 11) is 0. The number of amides is 2. The molecule has 0 N–H and O–H groups in total. The molecule has 9 nitrogen and oxygen atoms in total. The van der Waals surface area contributed by atoms with Crippen molar-refractivity contribution in [3.63, 3.8) is 0 Å². The van der Waals surface area contributed by atoms with Gasteiger partial charge in [-0.3, -0.25) is 19.3 Å². The molecule has 2 amide bonds. The summed E-state index contributed by atoms with van der Waals surface area (Å²) in [4.78, 5) is 62.8. The van der Waals surface area contributed by atoms with Crippen molar-refractivity contribution in [2.24, 2.45) is 0 Å². The van der Waals surface area contributed by atoms with Gasteiger partial charge in [0.15, 0.2) is 16.1 Å². The highest BCUT2D eigenvalue weighted by Crippen LogP contribution is 2.54. The molecule has 0 radical (unpaired) electrons. The third kappa shape index (κ3) is 3.33. The van der Waals surface area contributed by atoms with Crippen LogP contribution in [0.25, 0.3) is 11.0 Å². The van der Waals surface area contributed by atoms with Gasteiger partial charge in [0.05, 0.1) is 22.3 Å². The highest BCUT2D eigenvalue weighted by atomic mass is 32.1. The van der Waals surface area contributed by atoms with Crippen LogP contribution in [0.1, 0.15) is 50.4 Å². The number of anilines is 2. The van der Waals surface area contributed by atoms with Crippen LogP contribution in [-0.4, -0.2) is 35.9 Å². The summed E-state index contributed by atoms with van der Waals surface area (Å²) < 4.78 is 25.4. The first kappa shape index (κ1) is 25.6. The molecule has 1 atom stereocenters. The molecule has 0 bridgehead atoms. The maximum Gasteiger partial charge on any atom is 0.350 e. The minimum Gasteiger partial charge on any atom is -0.457 e. The van der Waals surface area contributed by atoms with Gasteiger partial charge in [0.1, 0.15) is 22.9 Å². The van der Waals surface area contributed by atoms with E-state index in [2.05, 4.69) is 11.6 Å². The molecule has 1 spiro atoms. The highest BCUT2D eigenvalue weighted by Gasteiger charge is 2.66. The Morgan fingerprint density at radius 1 is 1.23 bits per heavy atom. The summed E-state index contributed by atoms with van der Waals surface area (Å²) >= 11 is 0.865. The lowest BCUT2D eigenvalue weighted by Crippen LogP contribution is -2.53. The molecule has 0 fully saturated rings. The van der Waals surface area contributed by atoms with Crippen LogP contribution in [0, 0.1) is 12.7 Å². The average Bonchev–Trinajstić information content (AvgIpc) is 3.53. The number of aromatic nitrogens is 1. The summed E-state index contributed by atoms with van der Waals surface area (Å²) in [5, 5.41) is -0.0911. The lowest BCUT2D eigenvalue weighted by Gasteiger charge is -2.32. The second-order valence-electron chi connectivity index (χ2n) is 9.40. The first-order valence-corrected chi connectivity index (χ1v) is 13.4. The Labute approximate surface area is 231 Å². The zero-order valence-corrected chi connectivity index (χ0v) is 22.3. The van der Waals surface area contributed by atoms with E-state index in [-0.39, 0.29) is 44.6 Å². The summed E-state index contributed by atoms with van der Waals surface area (Å²) in [6.07, 6.45) is 2.02. The van der Waals surface area contributed by atoms with Crippen molar-refractivity contribution in [1.82, 2.24) is 4.98 Å². The molecule has 40 heavy (non-hydrogen) atoms.